The lowest BCUT2D eigenvalue weighted by Gasteiger charge is -2.38. The van der Waals surface area contributed by atoms with E-state index in [2.05, 4.69) is 27.1 Å². The lowest BCUT2D eigenvalue weighted by molar-refractivity contribution is -0.133. The van der Waals surface area contributed by atoms with Crippen LogP contribution in [0.2, 0.25) is 5.02 Å². The minimum absolute atomic E-state index is 0.173. The van der Waals surface area contributed by atoms with Crippen LogP contribution < -0.4 is 10.2 Å². The van der Waals surface area contributed by atoms with Crippen LogP contribution in [0.1, 0.15) is 80.2 Å². The lowest BCUT2D eigenvalue weighted by Crippen LogP contribution is -2.51. The van der Waals surface area contributed by atoms with E-state index in [1.807, 2.05) is 29.2 Å². The van der Waals surface area contributed by atoms with E-state index in [-0.39, 0.29) is 17.7 Å². The predicted octanol–water partition coefficient (Wildman–Crippen LogP) is 4.03. The molecular weight excluding hydrogens is 462 g/mol. The summed E-state index contributed by atoms with van der Waals surface area (Å²) in [7, 11) is 0. The predicted molar refractivity (Wildman–Crippen MR) is 138 cm³/mol. The summed E-state index contributed by atoms with van der Waals surface area (Å²) >= 11 is 6.13. The number of carbonyl (C=O) groups is 1. The number of fused-ring (bicyclic) bond motifs is 1. The highest BCUT2D eigenvalue weighted by molar-refractivity contribution is 6.30. The summed E-state index contributed by atoms with van der Waals surface area (Å²) in [6.07, 6.45) is 7.96. The first-order valence-corrected chi connectivity index (χ1v) is 13.4. The van der Waals surface area contributed by atoms with Gasteiger partial charge in [-0.25, -0.2) is 9.97 Å². The zero-order valence-electron chi connectivity index (χ0n) is 20.5. The molecule has 2 aliphatic carbocycles. The molecule has 1 unspecified atom stereocenters. The Morgan fingerprint density at radius 2 is 1.83 bits per heavy atom. The van der Waals surface area contributed by atoms with Crippen LogP contribution >= 0.6 is 11.6 Å². The summed E-state index contributed by atoms with van der Waals surface area (Å²) in [5.74, 6) is 1.10. The first-order chi connectivity index (χ1) is 17.0. The number of nitrogens with zero attached hydrogens (tertiary/aromatic N) is 4. The molecule has 2 heterocycles. The summed E-state index contributed by atoms with van der Waals surface area (Å²) in [6, 6.07) is 8.23. The molecule has 2 N–H and O–H groups in total. The summed E-state index contributed by atoms with van der Waals surface area (Å²) in [5.41, 5.74) is 2.84. The number of amides is 1. The van der Waals surface area contributed by atoms with Gasteiger partial charge in [-0.3, -0.25) is 4.79 Å². The number of hydrogen-bond acceptors (Lipinski definition) is 6. The molecule has 1 amide bonds. The third-order valence-corrected chi connectivity index (χ3v) is 8.21. The van der Waals surface area contributed by atoms with E-state index in [0.717, 1.165) is 35.7 Å². The lowest BCUT2D eigenvalue weighted by atomic mass is 9.93. The normalized spacial score (nSPS) is 23.9. The van der Waals surface area contributed by atoms with Crippen LogP contribution in [-0.4, -0.2) is 64.6 Å². The number of aliphatic hydroxyl groups is 1. The Labute approximate surface area is 212 Å². The number of anilines is 1. The maximum absolute atomic E-state index is 13.8. The molecule has 5 rings (SSSR count). The van der Waals surface area contributed by atoms with Gasteiger partial charge in [0.2, 0.25) is 5.91 Å². The number of benzene rings is 1. The zero-order chi connectivity index (χ0) is 24.4. The van der Waals surface area contributed by atoms with Gasteiger partial charge in [0.1, 0.15) is 12.1 Å². The Kier molecular flexibility index (Phi) is 7.56. The van der Waals surface area contributed by atoms with Crippen LogP contribution in [0.5, 0.6) is 0 Å². The molecule has 1 aromatic carbocycles. The van der Waals surface area contributed by atoms with Gasteiger partial charge in [0.05, 0.1) is 17.7 Å². The van der Waals surface area contributed by atoms with Crippen LogP contribution in [-0.2, 0) is 4.79 Å². The summed E-state index contributed by atoms with van der Waals surface area (Å²) in [4.78, 5) is 26.9. The number of halogens is 1. The molecule has 188 valence electrons. The molecule has 3 aliphatic rings. The van der Waals surface area contributed by atoms with Crippen molar-refractivity contribution < 1.29 is 9.90 Å². The fraction of sp³-hybridized carbons (Fsp3) is 0.593. The van der Waals surface area contributed by atoms with Crippen LogP contribution in [0.25, 0.3) is 0 Å². The summed E-state index contributed by atoms with van der Waals surface area (Å²) in [6.45, 7) is 5.53. The molecular formula is C27H36ClN5O2. The molecule has 1 saturated heterocycles. The Balaban J connectivity index is 1.27. The molecule has 35 heavy (non-hydrogen) atoms. The van der Waals surface area contributed by atoms with E-state index >= 15 is 0 Å². The summed E-state index contributed by atoms with van der Waals surface area (Å²) in [5, 5.41) is 14.7. The molecule has 0 radical (unpaired) electrons. The molecule has 0 spiro atoms. The Hall–Kier alpha value is -2.22. The molecule has 2 fully saturated rings. The fourth-order valence-corrected chi connectivity index (χ4v) is 6.07. The van der Waals surface area contributed by atoms with Gasteiger partial charge < -0.3 is 20.2 Å². The van der Waals surface area contributed by atoms with Gasteiger partial charge in [-0.1, -0.05) is 49.9 Å². The van der Waals surface area contributed by atoms with Crippen molar-refractivity contribution in [2.45, 2.75) is 69.4 Å². The molecule has 0 bridgehead atoms. The van der Waals surface area contributed by atoms with Crippen LogP contribution in [0.4, 0.5) is 5.82 Å². The molecule has 8 heteroatoms. The van der Waals surface area contributed by atoms with Gasteiger partial charge in [-0.2, -0.15) is 0 Å². The van der Waals surface area contributed by atoms with Crippen molar-refractivity contribution in [1.29, 1.82) is 0 Å². The Morgan fingerprint density at radius 3 is 2.54 bits per heavy atom. The first-order valence-electron chi connectivity index (χ1n) is 13.1. The molecule has 1 aromatic heterocycles. The van der Waals surface area contributed by atoms with E-state index in [4.69, 9.17) is 11.6 Å². The number of hydrogen-bond donors (Lipinski definition) is 2. The quantitative estimate of drug-likeness (QED) is 0.627. The number of piperazine rings is 1. The van der Waals surface area contributed by atoms with E-state index < -0.39 is 6.10 Å². The van der Waals surface area contributed by atoms with Gasteiger partial charge in [0.15, 0.2) is 0 Å². The standard InChI is InChI=1S/C27H36ClN5O2/c1-18-15-23(34)25-24(18)26(31-17-30-25)32-11-13-33(14-12-32)27(35)22(19-7-9-20(28)10-8-19)16-29-21-5-3-2-4-6-21/h7-10,17-18,21-23,29,34H,2-6,11-16H2,1H3/t18-,22?,23+/m1/s1. The maximum Gasteiger partial charge on any atom is 0.231 e. The van der Waals surface area contributed by atoms with E-state index in [9.17, 15) is 9.90 Å². The van der Waals surface area contributed by atoms with Gasteiger partial charge in [-0.05, 0) is 42.9 Å². The minimum atomic E-state index is -0.513. The van der Waals surface area contributed by atoms with Crippen LogP contribution in [0, 0.1) is 0 Å². The van der Waals surface area contributed by atoms with Crippen molar-refractivity contribution in [1.82, 2.24) is 20.2 Å². The van der Waals surface area contributed by atoms with E-state index in [1.54, 1.807) is 6.33 Å². The zero-order valence-corrected chi connectivity index (χ0v) is 21.3. The topological polar surface area (TPSA) is 81.6 Å². The van der Waals surface area contributed by atoms with Gasteiger partial charge in [0, 0.05) is 49.4 Å². The van der Waals surface area contributed by atoms with Gasteiger partial charge in [0.25, 0.3) is 0 Å². The van der Waals surface area contributed by atoms with Crippen molar-refractivity contribution in [2.75, 3.05) is 37.6 Å². The molecule has 2 aromatic rings. The van der Waals surface area contributed by atoms with Crippen molar-refractivity contribution in [3.63, 3.8) is 0 Å². The monoisotopic (exact) mass is 497 g/mol. The SMILES string of the molecule is C[C@@H]1C[C@H](O)c2ncnc(N3CCN(C(=O)C(CNC4CCCCC4)c4ccc(Cl)cc4)CC3)c21. The highest BCUT2D eigenvalue weighted by Crippen LogP contribution is 2.42. The minimum Gasteiger partial charge on any atom is -0.387 e. The second-order valence-corrected chi connectivity index (χ2v) is 10.7. The summed E-state index contributed by atoms with van der Waals surface area (Å²) < 4.78 is 0. The van der Waals surface area contributed by atoms with Crippen LogP contribution in [0.15, 0.2) is 30.6 Å². The third kappa shape index (κ3) is 5.32. The van der Waals surface area contributed by atoms with Crippen molar-refractivity contribution in [2.24, 2.45) is 0 Å². The van der Waals surface area contributed by atoms with E-state index in [0.29, 0.717) is 37.1 Å². The molecule has 3 atom stereocenters. The maximum atomic E-state index is 13.8. The molecule has 1 aliphatic heterocycles. The second kappa shape index (κ2) is 10.8. The highest BCUT2D eigenvalue weighted by atomic mass is 35.5. The van der Waals surface area contributed by atoms with Gasteiger partial charge >= 0.3 is 0 Å². The van der Waals surface area contributed by atoms with Gasteiger partial charge in [-0.15, -0.1) is 0 Å². The average Bonchev–Trinajstić information content (AvgIpc) is 3.19. The third-order valence-electron chi connectivity index (χ3n) is 7.96. The number of carbonyl (C=O) groups excluding carboxylic acids is 1. The number of nitrogens with one attached hydrogen (secondary N) is 1. The first kappa shape index (κ1) is 24.5. The number of aliphatic hydroxyl groups excluding tert-OH is 1. The van der Waals surface area contributed by atoms with Crippen LogP contribution in [0.3, 0.4) is 0 Å². The molecule has 7 nitrogen and oxygen atoms in total. The highest BCUT2D eigenvalue weighted by Gasteiger charge is 2.35. The second-order valence-electron chi connectivity index (χ2n) is 10.3. The largest absolute Gasteiger partial charge is 0.387 e. The smallest absolute Gasteiger partial charge is 0.231 e. The average molecular weight is 498 g/mol. The number of rotatable bonds is 6. The molecule has 1 saturated carbocycles. The van der Waals surface area contributed by atoms with Crippen molar-refractivity contribution in [3.8, 4) is 0 Å². The van der Waals surface area contributed by atoms with Crippen molar-refractivity contribution >= 4 is 23.3 Å². The van der Waals surface area contributed by atoms with E-state index in [1.165, 1.54) is 32.1 Å². The van der Waals surface area contributed by atoms with Crippen molar-refractivity contribution in [3.05, 3.63) is 52.4 Å². The Morgan fingerprint density at radius 1 is 1.11 bits per heavy atom. The number of aromatic nitrogens is 2. The fourth-order valence-electron chi connectivity index (χ4n) is 5.95. The Bertz CT molecular complexity index is 1020.